The SMILES string of the molecule is C=C.CC(C)Cc1ccccc1CCC1CCNCC1.CC1=C(C2=C(C)C=C(F)CC2)CCC=C1.CCCCC. The highest BCUT2D eigenvalue weighted by atomic mass is 19.1. The maximum Gasteiger partial charge on any atom is 0.101 e. The average Bonchev–Trinajstić information content (AvgIpc) is 2.96. The van der Waals surface area contributed by atoms with E-state index in [9.17, 15) is 4.39 Å². The van der Waals surface area contributed by atoms with Gasteiger partial charge in [-0.25, -0.2) is 4.39 Å². The second-order valence-electron chi connectivity index (χ2n) is 11.8. The third-order valence-corrected chi connectivity index (χ3v) is 7.97. The highest BCUT2D eigenvalue weighted by molar-refractivity contribution is 5.48. The number of aryl methyl sites for hydroxylation is 1. The predicted molar refractivity (Wildman–Crippen MR) is 178 cm³/mol. The Morgan fingerprint density at radius 3 is 2.08 bits per heavy atom. The molecule has 1 saturated heterocycles. The van der Waals surface area contributed by atoms with Gasteiger partial charge in [-0.3, -0.25) is 0 Å². The van der Waals surface area contributed by atoms with E-state index in [1.54, 1.807) is 17.2 Å². The molecule has 0 amide bonds. The summed E-state index contributed by atoms with van der Waals surface area (Å²) in [6.45, 7) is 21.7. The van der Waals surface area contributed by atoms with Crippen LogP contribution in [0.1, 0.15) is 117 Å². The van der Waals surface area contributed by atoms with Crippen LogP contribution in [0.5, 0.6) is 0 Å². The third-order valence-electron chi connectivity index (χ3n) is 7.97. The number of rotatable bonds is 8. The summed E-state index contributed by atoms with van der Waals surface area (Å²) in [6.07, 6.45) is 20.5. The van der Waals surface area contributed by atoms with Gasteiger partial charge < -0.3 is 5.32 Å². The van der Waals surface area contributed by atoms with Crippen molar-refractivity contribution in [2.24, 2.45) is 11.8 Å². The van der Waals surface area contributed by atoms with Crippen molar-refractivity contribution >= 4 is 0 Å². The minimum atomic E-state index is 0.0286. The Hall–Kier alpha value is -2.19. The zero-order chi connectivity index (χ0) is 29.8. The number of halogens is 1. The highest BCUT2D eigenvalue weighted by Crippen LogP contribution is 2.35. The molecule has 1 aliphatic heterocycles. The summed E-state index contributed by atoms with van der Waals surface area (Å²) >= 11 is 0. The van der Waals surface area contributed by atoms with Gasteiger partial charge in [0, 0.05) is 6.42 Å². The second kappa shape index (κ2) is 21.5. The van der Waals surface area contributed by atoms with E-state index >= 15 is 0 Å². The number of piperidine rings is 1. The van der Waals surface area contributed by atoms with Crippen LogP contribution in [0.15, 0.2) is 83.8 Å². The zero-order valence-electron chi connectivity index (χ0n) is 26.9. The first-order chi connectivity index (χ1) is 19.3. The molecule has 0 aromatic heterocycles. The van der Waals surface area contributed by atoms with Crippen molar-refractivity contribution in [3.05, 3.63) is 94.9 Å². The van der Waals surface area contributed by atoms with Crippen molar-refractivity contribution in [2.75, 3.05) is 13.1 Å². The molecule has 0 saturated carbocycles. The Balaban J connectivity index is 0.000000329. The van der Waals surface area contributed by atoms with Crippen LogP contribution in [0, 0.1) is 11.8 Å². The van der Waals surface area contributed by atoms with Gasteiger partial charge in [-0.1, -0.05) is 83.4 Å². The Labute approximate surface area is 247 Å². The van der Waals surface area contributed by atoms with Gasteiger partial charge >= 0.3 is 0 Å². The first-order valence-electron chi connectivity index (χ1n) is 16.1. The summed E-state index contributed by atoms with van der Waals surface area (Å²) < 4.78 is 13.1. The lowest BCUT2D eigenvalue weighted by Crippen LogP contribution is -2.27. The summed E-state index contributed by atoms with van der Waals surface area (Å²) in [6, 6.07) is 9.03. The van der Waals surface area contributed by atoms with Crippen molar-refractivity contribution in [3.63, 3.8) is 0 Å². The Morgan fingerprint density at radius 2 is 1.52 bits per heavy atom. The van der Waals surface area contributed by atoms with Crippen LogP contribution in [0.25, 0.3) is 0 Å². The monoisotopic (exact) mass is 549 g/mol. The molecule has 1 nitrogen and oxygen atoms in total. The zero-order valence-corrected chi connectivity index (χ0v) is 26.9. The van der Waals surface area contributed by atoms with Crippen LogP contribution in [0.3, 0.4) is 0 Å². The van der Waals surface area contributed by atoms with E-state index in [2.05, 4.69) is 89.5 Å². The maximum absolute atomic E-state index is 13.1. The molecule has 1 aromatic rings. The Morgan fingerprint density at radius 1 is 0.900 bits per heavy atom. The van der Waals surface area contributed by atoms with Crippen LogP contribution >= 0.6 is 0 Å². The van der Waals surface area contributed by atoms with Crippen molar-refractivity contribution in [3.8, 4) is 0 Å². The molecule has 0 spiro atoms. The normalized spacial score (nSPS) is 17.2. The summed E-state index contributed by atoms with van der Waals surface area (Å²) in [5, 5.41) is 3.45. The van der Waals surface area contributed by atoms with Crippen LogP contribution < -0.4 is 5.32 Å². The minimum Gasteiger partial charge on any atom is -0.317 e. The van der Waals surface area contributed by atoms with Gasteiger partial charge in [-0.15, -0.1) is 13.2 Å². The summed E-state index contributed by atoms with van der Waals surface area (Å²) in [4.78, 5) is 0. The van der Waals surface area contributed by atoms with E-state index < -0.39 is 0 Å². The van der Waals surface area contributed by atoms with E-state index in [-0.39, 0.29) is 5.83 Å². The molecule has 0 unspecified atom stereocenters. The Kier molecular flexibility index (Phi) is 19.3. The van der Waals surface area contributed by atoms with E-state index in [0.717, 1.165) is 36.7 Å². The van der Waals surface area contributed by atoms with E-state index in [1.807, 2.05) is 6.92 Å². The Bertz CT molecular complexity index is 953. The molecule has 4 rings (SSSR count). The maximum atomic E-state index is 13.1. The van der Waals surface area contributed by atoms with Gasteiger partial charge in [0.15, 0.2) is 0 Å². The first kappa shape index (κ1) is 35.8. The van der Waals surface area contributed by atoms with Gasteiger partial charge in [-0.2, -0.15) is 0 Å². The lowest BCUT2D eigenvalue weighted by Gasteiger charge is -2.23. The highest BCUT2D eigenvalue weighted by Gasteiger charge is 2.17. The molecule has 40 heavy (non-hydrogen) atoms. The fourth-order valence-corrected chi connectivity index (χ4v) is 5.72. The molecule has 0 radical (unpaired) electrons. The second-order valence-corrected chi connectivity index (χ2v) is 11.8. The summed E-state index contributed by atoms with van der Waals surface area (Å²) in [5.74, 6) is 1.73. The van der Waals surface area contributed by atoms with Crippen molar-refractivity contribution in [1.29, 1.82) is 0 Å². The lowest BCUT2D eigenvalue weighted by atomic mass is 9.85. The summed E-state index contributed by atoms with van der Waals surface area (Å²) in [5.41, 5.74) is 8.44. The van der Waals surface area contributed by atoms with Crippen LogP contribution in [-0.2, 0) is 12.8 Å². The fourth-order valence-electron chi connectivity index (χ4n) is 5.72. The summed E-state index contributed by atoms with van der Waals surface area (Å²) in [7, 11) is 0. The van der Waals surface area contributed by atoms with E-state index in [0.29, 0.717) is 6.42 Å². The number of benzene rings is 1. The largest absolute Gasteiger partial charge is 0.317 e. The molecular formula is C38H60FN. The fraction of sp³-hybridized carbons (Fsp3) is 0.579. The lowest BCUT2D eigenvalue weighted by molar-refractivity contribution is 0.354. The number of unbranched alkanes of at least 4 members (excludes halogenated alkanes) is 2. The number of hydrogen-bond acceptors (Lipinski definition) is 1. The minimum absolute atomic E-state index is 0.0286. The molecule has 1 fully saturated rings. The molecule has 1 aromatic carbocycles. The van der Waals surface area contributed by atoms with Crippen molar-refractivity contribution in [2.45, 2.75) is 119 Å². The van der Waals surface area contributed by atoms with Crippen LogP contribution in [0.4, 0.5) is 4.39 Å². The van der Waals surface area contributed by atoms with Crippen LogP contribution in [-0.4, -0.2) is 13.1 Å². The average molecular weight is 550 g/mol. The van der Waals surface area contributed by atoms with Crippen molar-refractivity contribution in [1.82, 2.24) is 5.32 Å². The third kappa shape index (κ3) is 13.9. The van der Waals surface area contributed by atoms with E-state index in [1.165, 1.54) is 81.2 Å². The molecule has 224 valence electrons. The van der Waals surface area contributed by atoms with Gasteiger partial charge in [0.2, 0.25) is 0 Å². The standard InChI is InChI=1S/C17H27N.C14H17F.C5H12.C2H4/c1-14(2)13-17-6-4-3-5-16(17)8-7-15-9-11-18-12-10-15;1-10-5-3-4-6-13(10)14-8-7-12(15)9-11(14)2;1-3-5-4-2;1-2/h3-6,14-15,18H,7-13H2,1-2H3;3,5,9H,4,6-8H2,1-2H3;3-5H2,1-2H3;1-2H2. The molecule has 0 bridgehead atoms. The number of nitrogens with one attached hydrogen (secondary N) is 1. The molecular weight excluding hydrogens is 489 g/mol. The molecule has 2 heteroatoms. The van der Waals surface area contributed by atoms with Crippen LogP contribution in [0.2, 0.25) is 0 Å². The smallest absolute Gasteiger partial charge is 0.101 e. The molecule has 1 heterocycles. The number of allylic oxidation sites excluding steroid dienone is 8. The molecule has 3 aliphatic rings. The quantitative estimate of drug-likeness (QED) is 0.318. The van der Waals surface area contributed by atoms with Crippen molar-refractivity contribution < 1.29 is 4.39 Å². The topological polar surface area (TPSA) is 12.0 Å². The molecule has 1 N–H and O–H groups in total. The first-order valence-corrected chi connectivity index (χ1v) is 16.1. The predicted octanol–water partition coefficient (Wildman–Crippen LogP) is 11.4. The van der Waals surface area contributed by atoms with E-state index in [4.69, 9.17) is 0 Å². The molecule has 2 aliphatic carbocycles. The number of hydrogen-bond donors (Lipinski definition) is 1. The van der Waals surface area contributed by atoms with Gasteiger partial charge in [-0.05, 0) is 130 Å². The van der Waals surface area contributed by atoms with Gasteiger partial charge in [0.05, 0.1) is 0 Å². The molecule has 0 atom stereocenters. The van der Waals surface area contributed by atoms with Gasteiger partial charge in [0.1, 0.15) is 5.83 Å². The van der Waals surface area contributed by atoms with Gasteiger partial charge in [0.25, 0.3) is 0 Å².